The fourth-order valence-corrected chi connectivity index (χ4v) is 3.66. The van der Waals surface area contributed by atoms with E-state index in [0.717, 1.165) is 36.4 Å². The van der Waals surface area contributed by atoms with Crippen LogP contribution in [0.15, 0.2) is 15.9 Å². The number of nitrogens with one attached hydrogen (secondary N) is 2. The number of piperazine rings is 1. The molecule has 1 aliphatic rings. The third kappa shape index (κ3) is 4.56. The van der Waals surface area contributed by atoms with Gasteiger partial charge in [0.15, 0.2) is 0 Å². The molecule has 6 heteroatoms. The molecule has 4 nitrogen and oxygen atoms in total. The number of thiophene rings is 1. The number of carbonyl (C=O) groups is 1. The van der Waals surface area contributed by atoms with Crippen molar-refractivity contribution in [2.24, 2.45) is 0 Å². The van der Waals surface area contributed by atoms with Crippen LogP contribution in [0.5, 0.6) is 0 Å². The first-order valence-corrected chi connectivity index (χ1v) is 8.24. The lowest BCUT2D eigenvalue weighted by Crippen LogP contribution is -2.52. The van der Waals surface area contributed by atoms with Gasteiger partial charge in [-0.25, -0.2) is 0 Å². The zero-order valence-electron chi connectivity index (χ0n) is 11.1. The van der Waals surface area contributed by atoms with E-state index in [9.17, 15) is 4.79 Å². The van der Waals surface area contributed by atoms with Gasteiger partial charge in [0.2, 0.25) is 5.91 Å². The number of halogens is 1. The molecule has 1 fully saturated rings. The molecule has 1 aliphatic heterocycles. The number of carbonyl (C=O) groups excluding carboxylic acids is 1. The van der Waals surface area contributed by atoms with Gasteiger partial charge in [-0.2, -0.15) is 0 Å². The highest BCUT2D eigenvalue weighted by Gasteiger charge is 2.22. The molecule has 1 unspecified atom stereocenters. The van der Waals surface area contributed by atoms with Crippen molar-refractivity contribution in [3.63, 3.8) is 0 Å². The molecule has 1 aromatic rings. The molecule has 1 aromatic heterocycles. The molecule has 0 radical (unpaired) electrons. The minimum atomic E-state index is -0.0304. The second kappa shape index (κ2) is 7.38. The Bertz CT molecular complexity index is 418. The van der Waals surface area contributed by atoms with Crippen LogP contribution in [-0.2, 0) is 11.2 Å². The van der Waals surface area contributed by atoms with Crippen LogP contribution in [0.1, 0.15) is 11.8 Å². The molecule has 0 bridgehead atoms. The Morgan fingerprint density at radius 1 is 1.53 bits per heavy atom. The van der Waals surface area contributed by atoms with Gasteiger partial charge in [-0.3, -0.25) is 9.69 Å². The first-order valence-electron chi connectivity index (χ1n) is 6.63. The average molecular weight is 346 g/mol. The highest BCUT2D eigenvalue weighted by molar-refractivity contribution is 9.11. The number of rotatable bonds is 5. The predicted octanol–water partition coefficient (Wildman–Crippen LogP) is 1.46. The molecule has 0 aromatic carbocycles. The number of amides is 1. The summed E-state index contributed by atoms with van der Waals surface area (Å²) in [7, 11) is 0. The van der Waals surface area contributed by atoms with Crippen molar-refractivity contribution in [1.82, 2.24) is 15.5 Å². The topological polar surface area (TPSA) is 44.4 Å². The second-order valence-electron chi connectivity index (χ2n) is 4.71. The molecule has 0 aliphatic carbocycles. The predicted molar refractivity (Wildman–Crippen MR) is 82.6 cm³/mol. The SMILES string of the molecule is CC(C(=O)NCCc1ccc(Br)s1)N1CCNCC1. The van der Waals surface area contributed by atoms with Crippen LogP contribution in [0.3, 0.4) is 0 Å². The fourth-order valence-electron chi connectivity index (χ4n) is 2.18. The highest BCUT2D eigenvalue weighted by Crippen LogP contribution is 2.22. The zero-order valence-corrected chi connectivity index (χ0v) is 13.5. The van der Waals surface area contributed by atoms with Gasteiger partial charge in [-0.1, -0.05) is 0 Å². The third-order valence-electron chi connectivity index (χ3n) is 3.38. The molecule has 1 saturated heterocycles. The minimum Gasteiger partial charge on any atom is -0.354 e. The summed E-state index contributed by atoms with van der Waals surface area (Å²) in [5.41, 5.74) is 0. The maximum absolute atomic E-state index is 12.1. The van der Waals surface area contributed by atoms with Gasteiger partial charge in [-0.05, 0) is 41.4 Å². The Labute approximate surface area is 126 Å². The average Bonchev–Trinajstić information content (AvgIpc) is 2.84. The molecule has 106 valence electrons. The molecule has 0 spiro atoms. The zero-order chi connectivity index (χ0) is 13.7. The standard InChI is InChI=1S/C13H20BrN3OS/c1-10(17-8-6-15-7-9-17)13(18)16-5-4-11-2-3-12(14)19-11/h2-3,10,15H,4-9H2,1H3,(H,16,18). The van der Waals surface area contributed by atoms with Crippen molar-refractivity contribution in [2.75, 3.05) is 32.7 Å². The van der Waals surface area contributed by atoms with Crippen molar-refractivity contribution in [3.8, 4) is 0 Å². The van der Waals surface area contributed by atoms with Gasteiger partial charge in [0, 0.05) is 37.6 Å². The number of hydrogen-bond donors (Lipinski definition) is 2. The van der Waals surface area contributed by atoms with E-state index in [2.05, 4.69) is 37.5 Å². The van der Waals surface area contributed by atoms with Crippen LogP contribution in [0, 0.1) is 0 Å². The van der Waals surface area contributed by atoms with Crippen LogP contribution in [0.2, 0.25) is 0 Å². The van der Waals surface area contributed by atoms with E-state index in [1.54, 1.807) is 11.3 Å². The normalized spacial score (nSPS) is 18.2. The van der Waals surface area contributed by atoms with Gasteiger partial charge in [-0.15, -0.1) is 11.3 Å². The Morgan fingerprint density at radius 3 is 2.89 bits per heavy atom. The van der Waals surface area contributed by atoms with Crippen LogP contribution >= 0.6 is 27.3 Å². The molecular formula is C13H20BrN3OS. The van der Waals surface area contributed by atoms with Crippen LogP contribution in [0.25, 0.3) is 0 Å². The van der Waals surface area contributed by atoms with Gasteiger partial charge in [0.1, 0.15) is 0 Å². The summed E-state index contributed by atoms with van der Waals surface area (Å²) < 4.78 is 1.14. The largest absolute Gasteiger partial charge is 0.354 e. The van der Waals surface area contributed by atoms with E-state index in [0.29, 0.717) is 6.54 Å². The van der Waals surface area contributed by atoms with Crippen LogP contribution in [-0.4, -0.2) is 49.6 Å². The Hall–Kier alpha value is -0.430. The quantitative estimate of drug-likeness (QED) is 0.849. The molecule has 2 heterocycles. The second-order valence-corrected chi connectivity index (χ2v) is 7.26. The summed E-state index contributed by atoms with van der Waals surface area (Å²) in [6, 6.07) is 4.11. The summed E-state index contributed by atoms with van der Waals surface area (Å²) >= 11 is 5.17. The smallest absolute Gasteiger partial charge is 0.237 e. The van der Waals surface area contributed by atoms with Crippen LogP contribution < -0.4 is 10.6 Å². The van der Waals surface area contributed by atoms with Crippen molar-refractivity contribution < 1.29 is 4.79 Å². The van der Waals surface area contributed by atoms with E-state index in [1.165, 1.54) is 4.88 Å². The maximum Gasteiger partial charge on any atom is 0.237 e. The van der Waals surface area contributed by atoms with Gasteiger partial charge in [0.05, 0.1) is 9.83 Å². The summed E-state index contributed by atoms with van der Waals surface area (Å²) in [6.07, 6.45) is 0.899. The Kier molecular flexibility index (Phi) is 5.81. The van der Waals surface area contributed by atoms with E-state index in [1.807, 2.05) is 13.0 Å². The molecular weight excluding hydrogens is 326 g/mol. The van der Waals surface area contributed by atoms with E-state index in [4.69, 9.17) is 0 Å². The van der Waals surface area contributed by atoms with Gasteiger partial charge >= 0.3 is 0 Å². The van der Waals surface area contributed by atoms with Crippen molar-refractivity contribution in [1.29, 1.82) is 0 Å². The first kappa shape index (κ1) is 15.0. The van der Waals surface area contributed by atoms with E-state index < -0.39 is 0 Å². The maximum atomic E-state index is 12.1. The lowest BCUT2D eigenvalue weighted by atomic mass is 10.2. The van der Waals surface area contributed by atoms with Crippen molar-refractivity contribution in [2.45, 2.75) is 19.4 Å². The lowest BCUT2D eigenvalue weighted by molar-refractivity contribution is -0.126. The molecule has 1 amide bonds. The van der Waals surface area contributed by atoms with Crippen molar-refractivity contribution >= 4 is 33.2 Å². The van der Waals surface area contributed by atoms with Crippen LogP contribution in [0.4, 0.5) is 0 Å². The third-order valence-corrected chi connectivity index (χ3v) is 5.06. The molecule has 1 atom stereocenters. The van der Waals surface area contributed by atoms with Crippen molar-refractivity contribution in [3.05, 3.63) is 20.8 Å². The van der Waals surface area contributed by atoms with Gasteiger partial charge in [0.25, 0.3) is 0 Å². The highest BCUT2D eigenvalue weighted by atomic mass is 79.9. The molecule has 2 rings (SSSR count). The number of hydrogen-bond acceptors (Lipinski definition) is 4. The Morgan fingerprint density at radius 2 is 2.26 bits per heavy atom. The van der Waals surface area contributed by atoms with E-state index >= 15 is 0 Å². The lowest BCUT2D eigenvalue weighted by Gasteiger charge is -2.31. The van der Waals surface area contributed by atoms with E-state index in [-0.39, 0.29) is 11.9 Å². The Balaban J connectivity index is 1.71. The monoisotopic (exact) mass is 345 g/mol. The summed E-state index contributed by atoms with van der Waals surface area (Å²) in [4.78, 5) is 15.6. The number of nitrogens with zero attached hydrogens (tertiary/aromatic N) is 1. The van der Waals surface area contributed by atoms with Gasteiger partial charge < -0.3 is 10.6 Å². The molecule has 0 saturated carbocycles. The molecule has 19 heavy (non-hydrogen) atoms. The summed E-state index contributed by atoms with van der Waals surface area (Å²) in [5, 5.41) is 6.33. The molecule has 2 N–H and O–H groups in total. The fraction of sp³-hybridized carbons (Fsp3) is 0.615. The minimum absolute atomic E-state index is 0.0304. The first-order chi connectivity index (χ1) is 9.16. The summed E-state index contributed by atoms with van der Waals surface area (Å²) in [6.45, 7) is 6.55. The summed E-state index contributed by atoms with van der Waals surface area (Å²) in [5.74, 6) is 0.137.